The van der Waals surface area contributed by atoms with Gasteiger partial charge >= 0.3 is 0 Å². The van der Waals surface area contributed by atoms with E-state index in [0.717, 1.165) is 6.26 Å². The lowest BCUT2D eigenvalue weighted by Gasteiger charge is -2.12. The Bertz CT molecular complexity index is 1240. The minimum atomic E-state index is -4.35. The molecule has 162 valence electrons. The largest absolute Gasteiger partial charge is 0.507 e. The van der Waals surface area contributed by atoms with Crippen LogP contribution in [0.5, 0.6) is 11.5 Å². The van der Waals surface area contributed by atoms with Gasteiger partial charge in [-0.2, -0.15) is 0 Å². The van der Waals surface area contributed by atoms with Crippen molar-refractivity contribution in [3.63, 3.8) is 0 Å². The van der Waals surface area contributed by atoms with Crippen molar-refractivity contribution >= 4 is 77.0 Å². The molecule has 0 atom stereocenters. The molecule has 0 heterocycles. The number of rotatable bonds is 6. The zero-order chi connectivity index (χ0) is 22.9. The van der Waals surface area contributed by atoms with Crippen LogP contribution in [-0.4, -0.2) is 45.1 Å². The molecule has 0 saturated carbocycles. The Morgan fingerprint density at radius 2 is 1.50 bits per heavy atom. The first kappa shape index (κ1) is 24.6. The molecule has 0 aliphatic carbocycles. The van der Waals surface area contributed by atoms with Crippen molar-refractivity contribution in [1.29, 1.82) is 0 Å². The summed E-state index contributed by atoms with van der Waals surface area (Å²) in [6, 6.07) is 6.46. The summed E-state index contributed by atoms with van der Waals surface area (Å²) in [4.78, 5) is 24.3. The molecule has 0 saturated heterocycles. The van der Waals surface area contributed by atoms with Crippen molar-refractivity contribution in [3.8, 4) is 11.5 Å². The van der Waals surface area contributed by atoms with Crippen LogP contribution in [0.1, 0.15) is 26.3 Å². The van der Waals surface area contributed by atoms with E-state index in [4.69, 9.17) is 0 Å². The Morgan fingerprint density at radius 3 is 2.07 bits per heavy atom. The number of phenols is 2. The first-order valence-electron chi connectivity index (χ1n) is 7.75. The summed E-state index contributed by atoms with van der Waals surface area (Å²) in [6.07, 6.45) is 0.747. The molecule has 10 nitrogen and oxygen atoms in total. The molecule has 30 heavy (non-hydrogen) atoms. The number of phenolic OH excluding ortho intramolecular Hbond substituents is 2. The van der Waals surface area contributed by atoms with Crippen LogP contribution in [0.15, 0.2) is 30.3 Å². The summed E-state index contributed by atoms with van der Waals surface area (Å²) in [5.41, 5.74) is -0.939. The number of carbonyl (C=O) groups excluding carboxylic acids is 2. The molecular weight excluding hydrogens is 666 g/mol. The fraction of sp³-hybridized carbons (Fsp3) is 0.125. The van der Waals surface area contributed by atoms with Crippen molar-refractivity contribution in [2.24, 2.45) is 0 Å². The van der Waals surface area contributed by atoms with E-state index in [2.05, 4.69) is 0 Å². The highest BCUT2D eigenvalue weighted by atomic mass is 127. The number of hydrogen-bond acceptors (Lipinski definition) is 8. The van der Waals surface area contributed by atoms with Gasteiger partial charge in [0.1, 0.15) is 11.5 Å². The van der Waals surface area contributed by atoms with Crippen molar-refractivity contribution in [1.82, 2.24) is 9.44 Å². The van der Waals surface area contributed by atoms with Crippen LogP contribution in [0.2, 0.25) is 0 Å². The minimum Gasteiger partial charge on any atom is -0.507 e. The third-order valence-corrected chi connectivity index (χ3v) is 6.51. The zero-order valence-corrected chi connectivity index (χ0v) is 21.0. The average molecular weight is 680 g/mol. The van der Waals surface area contributed by atoms with Crippen LogP contribution in [0.3, 0.4) is 0 Å². The second kappa shape index (κ2) is 9.23. The van der Waals surface area contributed by atoms with Crippen molar-refractivity contribution in [2.45, 2.75) is 5.75 Å². The predicted octanol–water partition coefficient (Wildman–Crippen LogP) is 1.26. The van der Waals surface area contributed by atoms with Crippen molar-refractivity contribution in [3.05, 3.63) is 54.2 Å². The Balaban J connectivity index is 2.32. The summed E-state index contributed by atoms with van der Waals surface area (Å²) in [5, 5.41) is 20.1. The molecule has 2 aromatic carbocycles. The molecule has 2 amide bonds. The van der Waals surface area contributed by atoms with Gasteiger partial charge in [0.15, 0.2) is 0 Å². The first-order chi connectivity index (χ1) is 13.7. The number of sulfonamides is 2. The predicted molar refractivity (Wildman–Crippen MR) is 124 cm³/mol. The van der Waals surface area contributed by atoms with Crippen molar-refractivity contribution < 1.29 is 36.6 Å². The Hall–Kier alpha value is -1.66. The van der Waals surface area contributed by atoms with Crippen LogP contribution in [0.25, 0.3) is 0 Å². The second-order valence-corrected chi connectivity index (χ2v) is 12.0. The normalized spacial score (nSPS) is 11.7. The number of hydrogen-bond donors (Lipinski definition) is 4. The lowest BCUT2D eigenvalue weighted by atomic mass is 10.1. The number of benzene rings is 2. The molecule has 0 bridgehead atoms. The lowest BCUT2D eigenvalue weighted by molar-refractivity contribution is 0.0969. The van der Waals surface area contributed by atoms with E-state index in [9.17, 15) is 36.6 Å². The summed E-state index contributed by atoms with van der Waals surface area (Å²) >= 11 is 3.66. The van der Waals surface area contributed by atoms with Gasteiger partial charge in [-0.3, -0.25) is 9.59 Å². The highest BCUT2D eigenvalue weighted by Crippen LogP contribution is 2.28. The number of nitrogens with one attached hydrogen (secondary N) is 2. The Kier molecular flexibility index (Phi) is 7.57. The molecule has 0 spiro atoms. The molecule has 2 aromatic rings. The fourth-order valence-corrected chi connectivity index (χ4v) is 5.00. The Morgan fingerprint density at radius 1 is 0.900 bits per heavy atom. The van der Waals surface area contributed by atoms with E-state index in [1.807, 2.05) is 22.6 Å². The van der Waals surface area contributed by atoms with E-state index in [1.165, 1.54) is 30.3 Å². The topological polar surface area (TPSA) is 167 Å². The van der Waals surface area contributed by atoms with Crippen LogP contribution in [0, 0.1) is 7.14 Å². The van der Waals surface area contributed by atoms with Crippen LogP contribution >= 0.6 is 45.2 Å². The van der Waals surface area contributed by atoms with Crippen LogP contribution in [0.4, 0.5) is 0 Å². The summed E-state index contributed by atoms with van der Waals surface area (Å²) in [6.45, 7) is 0. The summed E-state index contributed by atoms with van der Waals surface area (Å²) in [7, 11) is -8.27. The second-order valence-electron chi connectivity index (χ2n) is 6.02. The quantitative estimate of drug-likeness (QED) is 0.331. The molecule has 0 aromatic heterocycles. The van der Waals surface area contributed by atoms with Gasteiger partial charge in [-0.15, -0.1) is 0 Å². The van der Waals surface area contributed by atoms with Gasteiger partial charge in [0.05, 0.1) is 23.1 Å². The van der Waals surface area contributed by atoms with E-state index in [1.54, 1.807) is 32.0 Å². The number of carbonyl (C=O) groups is 2. The van der Waals surface area contributed by atoms with Crippen molar-refractivity contribution in [2.75, 3.05) is 6.26 Å². The van der Waals surface area contributed by atoms with Crippen LogP contribution < -0.4 is 9.44 Å². The van der Waals surface area contributed by atoms with E-state index >= 15 is 0 Å². The lowest BCUT2D eigenvalue weighted by Crippen LogP contribution is -2.32. The average Bonchev–Trinajstić information content (AvgIpc) is 2.55. The van der Waals surface area contributed by atoms with Crippen LogP contribution in [-0.2, 0) is 25.8 Å². The molecule has 0 aliphatic heterocycles. The van der Waals surface area contributed by atoms with E-state index in [-0.39, 0.29) is 11.1 Å². The monoisotopic (exact) mass is 680 g/mol. The fourth-order valence-electron chi connectivity index (χ4n) is 2.30. The van der Waals surface area contributed by atoms with Gasteiger partial charge < -0.3 is 10.2 Å². The number of halogens is 2. The molecule has 14 heteroatoms. The van der Waals surface area contributed by atoms with Gasteiger partial charge in [-0.05, 0) is 75.5 Å². The highest BCUT2D eigenvalue weighted by molar-refractivity contribution is 14.1. The molecule has 0 fully saturated rings. The van der Waals surface area contributed by atoms with Gasteiger partial charge in [0, 0.05) is 12.7 Å². The summed E-state index contributed by atoms with van der Waals surface area (Å²) < 4.78 is 51.8. The maximum Gasteiger partial charge on any atom is 0.268 e. The zero-order valence-electron chi connectivity index (χ0n) is 15.0. The minimum absolute atomic E-state index is 0.229. The molecule has 4 N–H and O–H groups in total. The third kappa shape index (κ3) is 6.67. The SMILES string of the molecule is CS(=O)(=O)NC(=O)c1cc(I)cc(CS(=O)(=O)NC(=O)c2ccc(I)cc2O)c1O. The molecule has 2 rings (SSSR count). The Labute approximate surface area is 199 Å². The molecular formula is C16H14I2N2O8S2. The summed E-state index contributed by atoms with van der Waals surface area (Å²) in [5.74, 6) is -4.26. The highest BCUT2D eigenvalue weighted by Gasteiger charge is 2.24. The van der Waals surface area contributed by atoms with Gasteiger partial charge in [-0.1, -0.05) is 0 Å². The van der Waals surface area contributed by atoms with Gasteiger partial charge in [-0.25, -0.2) is 26.3 Å². The van der Waals surface area contributed by atoms with E-state index < -0.39 is 54.7 Å². The smallest absolute Gasteiger partial charge is 0.268 e. The van der Waals surface area contributed by atoms with Gasteiger partial charge in [0.2, 0.25) is 20.0 Å². The maximum absolute atomic E-state index is 12.4. The van der Waals surface area contributed by atoms with E-state index in [0.29, 0.717) is 7.14 Å². The first-order valence-corrected chi connectivity index (χ1v) is 13.5. The molecule has 0 aliphatic rings. The number of amides is 2. The number of aromatic hydroxyl groups is 2. The standard InChI is InChI=1S/C16H14I2N2O8S2/c1-29(25,26)19-16(24)12-5-10(18)4-8(14(12)22)7-30(27,28)20-15(23)11-3-2-9(17)6-13(11)21/h2-6,21-22H,7H2,1H3,(H,19,24)(H,20,23). The molecule has 0 unspecified atom stereocenters. The maximum atomic E-state index is 12.4. The molecule has 0 radical (unpaired) electrons. The third-order valence-electron chi connectivity index (χ3n) is 3.47. The van der Waals surface area contributed by atoms with Gasteiger partial charge in [0.25, 0.3) is 11.8 Å².